The van der Waals surface area contributed by atoms with Crippen LogP contribution in [0.2, 0.25) is 0 Å². The predicted octanol–water partition coefficient (Wildman–Crippen LogP) is 3.12. The second kappa shape index (κ2) is 9.20. The van der Waals surface area contributed by atoms with Gasteiger partial charge >= 0.3 is 6.03 Å². The van der Waals surface area contributed by atoms with Crippen LogP contribution < -0.4 is 5.32 Å². The maximum atomic E-state index is 12.6. The number of carbonyl (C=O) groups is 1. The SMILES string of the molecule is Cc1cc(CNC(=O)N(CC=Cc2ccccc2)CC2CCCO2)n[nH]1. The molecule has 0 aliphatic carbocycles. The molecule has 1 aromatic heterocycles. The zero-order valence-electron chi connectivity index (χ0n) is 15.1. The molecule has 1 atom stereocenters. The highest BCUT2D eigenvalue weighted by molar-refractivity contribution is 5.74. The van der Waals surface area contributed by atoms with Gasteiger partial charge in [0.15, 0.2) is 0 Å². The summed E-state index contributed by atoms with van der Waals surface area (Å²) in [6.07, 6.45) is 6.24. The lowest BCUT2D eigenvalue weighted by Gasteiger charge is -2.24. The summed E-state index contributed by atoms with van der Waals surface area (Å²) in [4.78, 5) is 14.4. The van der Waals surface area contributed by atoms with Gasteiger partial charge in [0.25, 0.3) is 0 Å². The van der Waals surface area contributed by atoms with Crippen LogP contribution in [0.5, 0.6) is 0 Å². The first kappa shape index (κ1) is 18.2. The summed E-state index contributed by atoms with van der Waals surface area (Å²) in [6, 6.07) is 11.9. The topological polar surface area (TPSA) is 70.2 Å². The quantitative estimate of drug-likeness (QED) is 0.802. The maximum absolute atomic E-state index is 12.6. The summed E-state index contributed by atoms with van der Waals surface area (Å²) in [7, 11) is 0. The first-order chi connectivity index (χ1) is 12.7. The predicted molar refractivity (Wildman–Crippen MR) is 102 cm³/mol. The minimum Gasteiger partial charge on any atom is -0.376 e. The molecule has 0 radical (unpaired) electrons. The molecule has 2 amide bonds. The zero-order chi connectivity index (χ0) is 18.2. The Labute approximate surface area is 154 Å². The molecule has 1 fully saturated rings. The highest BCUT2D eigenvalue weighted by Crippen LogP contribution is 2.14. The molecule has 0 bridgehead atoms. The van der Waals surface area contributed by atoms with E-state index in [1.165, 1.54) is 0 Å². The van der Waals surface area contributed by atoms with Gasteiger partial charge in [0.2, 0.25) is 0 Å². The smallest absolute Gasteiger partial charge is 0.318 e. The van der Waals surface area contributed by atoms with E-state index < -0.39 is 0 Å². The Morgan fingerprint density at radius 3 is 2.96 bits per heavy atom. The van der Waals surface area contributed by atoms with Crippen LogP contribution in [-0.4, -0.2) is 46.9 Å². The third kappa shape index (κ3) is 5.46. The van der Waals surface area contributed by atoms with Gasteiger partial charge in [-0.15, -0.1) is 0 Å². The lowest BCUT2D eigenvalue weighted by molar-refractivity contribution is 0.0841. The average Bonchev–Trinajstić information content (AvgIpc) is 3.31. The molecule has 3 rings (SSSR count). The number of H-pyrrole nitrogens is 1. The number of aromatic nitrogens is 2. The Balaban J connectivity index is 1.57. The standard InChI is InChI=1S/C20H26N4O2/c1-16-13-18(23-22-16)14-21-20(25)24(15-19-10-6-12-26-19)11-5-9-17-7-3-2-4-8-17/h2-5,7-9,13,19H,6,10-12,14-15H2,1H3,(H,21,25)(H,22,23). The maximum Gasteiger partial charge on any atom is 0.318 e. The fourth-order valence-corrected chi connectivity index (χ4v) is 3.00. The third-order valence-electron chi connectivity index (χ3n) is 4.35. The van der Waals surface area contributed by atoms with Crippen molar-refractivity contribution in [1.29, 1.82) is 0 Å². The molecule has 138 valence electrons. The lowest BCUT2D eigenvalue weighted by atomic mass is 10.2. The Kier molecular flexibility index (Phi) is 6.44. The molecular weight excluding hydrogens is 328 g/mol. The van der Waals surface area contributed by atoms with Gasteiger partial charge in [-0.05, 0) is 31.4 Å². The summed E-state index contributed by atoms with van der Waals surface area (Å²) in [5.41, 5.74) is 2.93. The Bertz CT molecular complexity index is 720. The van der Waals surface area contributed by atoms with Crippen molar-refractivity contribution in [2.75, 3.05) is 19.7 Å². The van der Waals surface area contributed by atoms with Crippen LogP contribution in [0, 0.1) is 6.92 Å². The van der Waals surface area contributed by atoms with Crippen molar-refractivity contribution in [3.05, 3.63) is 59.4 Å². The molecule has 1 aromatic carbocycles. The van der Waals surface area contributed by atoms with Crippen LogP contribution >= 0.6 is 0 Å². The van der Waals surface area contributed by atoms with E-state index in [0.717, 1.165) is 36.4 Å². The molecule has 6 nitrogen and oxygen atoms in total. The van der Waals surface area contributed by atoms with Gasteiger partial charge in [-0.2, -0.15) is 5.10 Å². The minimum absolute atomic E-state index is 0.0983. The van der Waals surface area contributed by atoms with Crippen molar-refractivity contribution in [2.45, 2.75) is 32.4 Å². The van der Waals surface area contributed by atoms with Crippen molar-refractivity contribution in [1.82, 2.24) is 20.4 Å². The average molecular weight is 354 g/mol. The van der Waals surface area contributed by atoms with Gasteiger partial charge in [-0.25, -0.2) is 4.79 Å². The van der Waals surface area contributed by atoms with Gasteiger partial charge < -0.3 is 15.0 Å². The highest BCUT2D eigenvalue weighted by Gasteiger charge is 2.21. The second-order valence-electron chi connectivity index (χ2n) is 6.55. The van der Waals surface area contributed by atoms with Gasteiger partial charge in [0, 0.05) is 25.4 Å². The van der Waals surface area contributed by atoms with Crippen LogP contribution in [0.4, 0.5) is 4.79 Å². The normalized spacial score (nSPS) is 16.9. The number of amides is 2. The largest absolute Gasteiger partial charge is 0.376 e. The molecule has 26 heavy (non-hydrogen) atoms. The molecule has 2 aromatic rings. The number of benzene rings is 1. The molecule has 1 aliphatic rings. The number of nitrogens with one attached hydrogen (secondary N) is 2. The van der Waals surface area contributed by atoms with Gasteiger partial charge in [0.1, 0.15) is 0 Å². The van der Waals surface area contributed by atoms with Crippen molar-refractivity contribution in [2.24, 2.45) is 0 Å². The number of hydrogen-bond acceptors (Lipinski definition) is 3. The zero-order valence-corrected chi connectivity index (χ0v) is 15.1. The molecule has 2 heterocycles. The number of hydrogen-bond donors (Lipinski definition) is 2. The van der Waals surface area contributed by atoms with Crippen molar-refractivity contribution in [3.8, 4) is 0 Å². The fraction of sp³-hybridized carbons (Fsp3) is 0.400. The number of aromatic amines is 1. The number of rotatable bonds is 7. The molecular formula is C20H26N4O2. The first-order valence-corrected chi connectivity index (χ1v) is 9.07. The van der Waals surface area contributed by atoms with E-state index in [9.17, 15) is 4.79 Å². The summed E-state index contributed by atoms with van der Waals surface area (Å²) < 4.78 is 5.70. The highest BCUT2D eigenvalue weighted by atomic mass is 16.5. The summed E-state index contributed by atoms with van der Waals surface area (Å²) in [6.45, 7) is 4.28. The van der Waals surface area contributed by atoms with Gasteiger partial charge in [-0.1, -0.05) is 42.5 Å². The van der Waals surface area contributed by atoms with E-state index in [0.29, 0.717) is 19.6 Å². The number of urea groups is 1. The van der Waals surface area contributed by atoms with Crippen LogP contribution in [0.15, 0.2) is 42.5 Å². The number of ether oxygens (including phenoxy) is 1. The summed E-state index contributed by atoms with van der Waals surface area (Å²) >= 11 is 0. The summed E-state index contributed by atoms with van der Waals surface area (Å²) in [5, 5.41) is 9.99. The summed E-state index contributed by atoms with van der Waals surface area (Å²) in [5.74, 6) is 0. The lowest BCUT2D eigenvalue weighted by Crippen LogP contribution is -2.43. The Morgan fingerprint density at radius 2 is 2.27 bits per heavy atom. The van der Waals surface area contributed by atoms with Gasteiger partial charge in [-0.3, -0.25) is 5.10 Å². The molecule has 0 saturated carbocycles. The van der Waals surface area contributed by atoms with Crippen molar-refractivity contribution >= 4 is 12.1 Å². The molecule has 1 aliphatic heterocycles. The fourth-order valence-electron chi connectivity index (χ4n) is 3.00. The van der Waals surface area contributed by atoms with E-state index in [2.05, 4.69) is 15.5 Å². The van der Waals surface area contributed by atoms with Crippen molar-refractivity contribution in [3.63, 3.8) is 0 Å². The van der Waals surface area contributed by atoms with Crippen LogP contribution in [0.1, 0.15) is 29.8 Å². The monoisotopic (exact) mass is 354 g/mol. The molecule has 1 unspecified atom stereocenters. The first-order valence-electron chi connectivity index (χ1n) is 9.07. The number of carbonyl (C=O) groups excluding carboxylic acids is 1. The van der Waals surface area contributed by atoms with E-state index in [1.807, 2.05) is 55.5 Å². The minimum atomic E-state index is -0.0983. The van der Waals surface area contributed by atoms with Crippen LogP contribution in [0.3, 0.4) is 0 Å². The van der Waals surface area contributed by atoms with E-state index in [1.54, 1.807) is 4.90 Å². The molecule has 1 saturated heterocycles. The van der Waals surface area contributed by atoms with Gasteiger partial charge in [0.05, 0.1) is 18.3 Å². The van der Waals surface area contributed by atoms with Crippen LogP contribution in [-0.2, 0) is 11.3 Å². The molecule has 0 spiro atoms. The Hall–Kier alpha value is -2.60. The van der Waals surface area contributed by atoms with Crippen LogP contribution in [0.25, 0.3) is 6.08 Å². The second-order valence-corrected chi connectivity index (χ2v) is 6.55. The van der Waals surface area contributed by atoms with E-state index >= 15 is 0 Å². The molecule has 2 N–H and O–H groups in total. The van der Waals surface area contributed by atoms with Crippen molar-refractivity contribution < 1.29 is 9.53 Å². The number of aryl methyl sites for hydroxylation is 1. The Morgan fingerprint density at radius 1 is 1.42 bits per heavy atom. The number of nitrogens with zero attached hydrogens (tertiary/aromatic N) is 2. The van der Waals surface area contributed by atoms with E-state index in [4.69, 9.17) is 4.74 Å². The van der Waals surface area contributed by atoms with E-state index in [-0.39, 0.29) is 12.1 Å². The molecule has 6 heteroatoms. The third-order valence-corrected chi connectivity index (χ3v) is 4.35.